The van der Waals surface area contributed by atoms with Crippen LogP contribution in [0.1, 0.15) is 18.4 Å². The molecule has 2 nitrogen and oxygen atoms in total. The maximum atomic E-state index is 9.08. The summed E-state index contributed by atoms with van der Waals surface area (Å²) in [4.78, 5) is 0. The minimum atomic E-state index is 0.327. The first kappa shape index (κ1) is 9.53. The van der Waals surface area contributed by atoms with Crippen molar-refractivity contribution in [2.24, 2.45) is 5.92 Å². The van der Waals surface area contributed by atoms with Gasteiger partial charge in [-0.05, 0) is 42.9 Å². The predicted molar refractivity (Wildman–Crippen MR) is 55.4 cm³/mol. The lowest BCUT2D eigenvalue weighted by molar-refractivity contribution is 0.127. The summed E-state index contributed by atoms with van der Waals surface area (Å²) in [6, 6.07) is 7.32. The second-order valence-corrected chi connectivity index (χ2v) is 3.93. The molecule has 0 aromatic heterocycles. The van der Waals surface area contributed by atoms with Crippen molar-refractivity contribution >= 4 is 0 Å². The van der Waals surface area contributed by atoms with Gasteiger partial charge < -0.3 is 9.84 Å². The Morgan fingerprint density at radius 1 is 1.21 bits per heavy atom. The quantitative estimate of drug-likeness (QED) is 0.726. The molecule has 1 aliphatic rings. The lowest BCUT2D eigenvalue weighted by atomic mass is 10.1. The third kappa shape index (κ3) is 3.04. The van der Waals surface area contributed by atoms with E-state index >= 15 is 0 Å². The first-order valence-electron chi connectivity index (χ1n) is 5.20. The molecule has 2 rings (SSSR count). The van der Waals surface area contributed by atoms with E-state index in [9.17, 15) is 0 Å². The van der Waals surface area contributed by atoms with Crippen LogP contribution in [0.4, 0.5) is 0 Å². The zero-order valence-corrected chi connectivity index (χ0v) is 8.28. The first-order chi connectivity index (χ1) is 6.84. The first-order valence-corrected chi connectivity index (χ1v) is 5.20. The highest BCUT2D eigenvalue weighted by atomic mass is 16.5. The van der Waals surface area contributed by atoms with Crippen LogP contribution in [0.2, 0.25) is 0 Å². The standard InChI is InChI=1S/C12H16O2/c13-12-5-3-10(4-6-12)7-8-14-9-11-1-2-11/h3-6,11,13H,1-2,7-9H2. The van der Waals surface area contributed by atoms with E-state index in [-0.39, 0.29) is 0 Å². The molecule has 0 radical (unpaired) electrons. The molecule has 1 aliphatic carbocycles. The maximum absolute atomic E-state index is 9.08. The summed E-state index contributed by atoms with van der Waals surface area (Å²) in [7, 11) is 0. The summed E-state index contributed by atoms with van der Waals surface area (Å²) in [5, 5.41) is 9.08. The smallest absolute Gasteiger partial charge is 0.115 e. The Morgan fingerprint density at radius 3 is 2.57 bits per heavy atom. The summed E-state index contributed by atoms with van der Waals surface area (Å²) >= 11 is 0. The molecule has 0 saturated heterocycles. The average Bonchev–Trinajstić information content (AvgIpc) is 2.99. The lowest BCUT2D eigenvalue weighted by Crippen LogP contribution is -2.01. The number of aromatic hydroxyl groups is 1. The van der Waals surface area contributed by atoms with Crippen LogP contribution in [0.15, 0.2) is 24.3 Å². The zero-order chi connectivity index (χ0) is 9.80. The minimum Gasteiger partial charge on any atom is -0.508 e. The number of hydrogen-bond acceptors (Lipinski definition) is 2. The SMILES string of the molecule is Oc1ccc(CCOCC2CC2)cc1. The van der Waals surface area contributed by atoms with Gasteiger partial charge in [-0.1, -0.05) is 12.1 Å². The molecule has 0 heterocycles. The Bertz CT molecular complexity index is 275. The Hall–Kier alpha value is -1.02. The van der Waals surface area contributed by atoms with Crippen molar-refractivity contribution in [3.8, 4) is 5.75 Å². The van der Waals surface area contributed by atoms with Crippen LogP contribution in [0, 0.1) is 5.92 Å². The van der Waals surface area contributed by atoms with Gasteiger partial charge in [0.05, 0.1) is 6.61 Å². The van der Waals surface area contributed by atoms with Crippen LogP contribution in [0.5, 0.6) is 5.75 Å². The van der Waals surface area contributed by atoms with Crippen molar-refractivity contribution in [3.05, 3.63) is 29.8 Å². The number of rotatable bonds is 5. The van der Waals surface area contributed by atoms with E-state index in [1.807, 2.05) is 12.1 Å². The van der Waals surface area contributed by atoms with E-state index in [1.165, 1.54) is 18.4 Å². The molecule has 0 bridgehead atoms. The van der Waals surface area contributed by atoms with E-state index in [1.54, 1.807) is 12.1 Å². The molecule has 0 spiro atoms. The molecule has 0 unspecified atom stereocenters. The molecular formula is C12H16O2. The monoisotopic (exact) mass is 192 g/mol. The molecule has 1 aromatic rings. The summed E-state index contributed by atoms with van der Waals surface area (Å²) < 4.78 is 5.53. The molecule has 0 atom stereocenters. The van der Waals surface area contributed by atoms with E-state index in [0.29, 0.717) is 5.75 Å². The number of phenols is 1. The van der Waals surface area contributed by atoms with E-state index < -0.39 is 0 Å². The molecule has 76 valence electrons. The number of ether oxygens (including phenoxy) is 1. The predicted octanol–water partition coefficient (Wildman–Crippen LogP) is 2.36. The summed E-state index contributed by atoms with van der Waals surface area (Å²) in [5.41, 5.74) is 1.22. The average molecular weight is 192 g/mol. The van der Waals surface area contributed by atoms with E-state index in [2.05, 4.69) is 0 Å². The van der Waals surface area contributed by atoms with Gasteiger partial charge in [0.1, 0.15) is 5.75 Å². The molecule has 1 fully saturated rings. The van der Waals surface area contributed by atoms with Crippen molar-refractivity contribution in [1.29, 1.82) is 0 Å². The van der Waals surface area contributed by atoms with E-state index in [0.717, 1.165) is 25.6 Å². The molecule has 14 heavy (non-hydrogen) atoms. The zero-order valence-electron chi connectivity index (χ0n) is 8.28. The molecule has 2 heteroatoms. The minimum absolute atomic E-state index is 0.327. The third-order valence-electron chi connectivity index (χ3n) is 2.52. The van der Waals surface area contributed by atoms with Gasteiger partial charge in [0.25, 0.3) is 0 Å². The van der Waals surface area contributed by atoms with Crippen molar-refractivity contribution in [2.45, 2.75) is 19.3 Å². The second kappa shape index (κ2) is 4.47. The van der Waals surface area contributed by atoms with Gasteiger partial charge in [-0.2, -0.15) is 0 Å². The maximum Gasteiger partial charge on any atom is 0.115 e. The number of benzene rings is 1. The van der Waals surface area contributed by atoms with Crippen LogP contribution < -0.4 is 0 Å². The van der Waals surface area contributed by atoms with Gasteiger partial charge in [0, 0.05) is 6.61 Å². The summed E-state index contributed by atoms with van der Waals surface area (Å²) in [6.07, 6.45) is 3.63. The lowest BCUT2D eigenvalue weighted by Gasteiger charge is -2.03. The molecule has 1 saturated carbocycles. The number of hydrogen-bond donors (Lipinski definition) is 1. The Morgan fingerprint density at radius 2 is 1.93 bits per heavy atom. The fourth-order valence-electron chi connectivity index (χ4n) is 1.39. The fraction of sp³-hybridized carbons (Fsp3) is 0.500. The van der Waals surface area contributed by atoms with Crippen LogP contribution in [0.25, 0.3) is 0 Å². The normalized spacial score (nSPS) is 15.7. The van der Waals surface area contributed by atoms with E-state index in [4.69, 9.17) is 9.84 Å². The highest BCUT2D eigenvalue weighted by Crippen LogP contribution is 2.28. The third-order valence-corrected chi connectivity index (χ3v) is 2.52. The van der Waals surface area contributed by atoms with Crippen molar-refractivity contribution in [3.63, 3.8) is 0 Å². The van der Waals surface area contributed by atoms with Gasteiger partial charge in [0.2, 0.25) is 0 Å². The fourth-order valence-corrected chi connectivity index (χ4v) is 1.39. The second-order valence-electron chi connectivity index (χ2n) is 3.93. The van der Waals surface area contributed by atoms with Crippen LogP contribution in [-0.2, 0) is 11.2 Å². The Kier molecular flexibility index (Phi) is 3.04. The van der Waals surface area contributed by atoms with Crippen LogP contribution in [-0.4, -0.2) is 18.3 Å². The summed E-state index contributed by atoms with van der Waals surface area (Å²) in [5.74, 6) is 1.17. The summed E-state index contributed by atoms with van der Waals surface area (Å²) in [6.45, 7) is 1.72. The van der Waals surface area contributed by atoms with Crippen LogP contribution >= 0.6 is 0 Å². The van der Waals surface area contributed by atoms with Gasteiger partial charge >= 0.3 is 0 Å². The topological polar surface area (TPSA) is 29.5 Å². The van der Waals surface area contributed by atoms with Crippen molar-refractivity contribution < 1.29 is 9.84 Å². The van der Waals surface area contributed by atoms with Crippen molar-refractivity contribution in [1.82, 2.24) is 0 Å². The van der Waals surface area contributed by atoms with Crippen LogP contribution in [0.3, 0.4) is 0 Å². The van der Waals surface area contributed by atoms with Gasteiger partial charge in [-0.3, -0.25) is 0 Å². The molecule has 0 aliphatic heterocycles. The number of phenolic OH excluding ortho intramolecular Hbond substituents is 1. The highest BCUT2D eigenvalue weighted by molar-refractivity contribution is 5.25. The van der Waals surface area contributed by atoms with Gasteiger partial charge in [-0.25, -0.2) is 0 Å². The Balaban J connectivity index is 1.66. The largest absolute Gasteiger partial charge is 0.508 e. The molecule has 1 aromatic carbocycles. The molecule has 0 amide bonds. The highest BCUT2D eigenvalue weighted by Gasteiger charge is 2.20. The van der Waals surface area contributed by atoms with Crippen molar-refractivity contribution in [2.75, 3.05) is 13.2 Å². The van der Waals surface area contributed by atoms with Gasteiger partial charge in [-0.15, -0.1) is 0 Å². The molecule has 1 N–H and O–H groups in total. The van der Waals surface area contributed by atoms with Gasteiger partial charge in [0.15, 0.2) is 0 Å². The molecular weight excluding hydrogens is 176 g/mol. The Labute approximate surface area is 84.5 Å².